The third-order valence-electron chi connectivity index (χ3n) is 2.88. The van der Waals surface area contributed by atoms with E-state index < -0.39 is 5.97 Å². The zero-order chi connectivity index (χ0) is 24.4. The quantitative estimate of drug-likeness (QED) is 0.221. The van der Waals surface area contributed by atoms with Crippen LogP contribution < -0.4 is 21.3 Å². The Morgan fingerprint density at radius 1 is 0.839 bits per heavy atom. The van der Waals surface area contributed by atoms with Crippen LogP contribution in [0.5, 0.6) is 0 Å². The Balaban J connectivity index is 0. The Hall–Kier alpha value is -2.36. The Morgan fingerprint density at radius 2 is 1.23 bits per heavy atom. The Morgan fingerprint density at radius 3 is 1.52 bits per heavy atom. The minimum atomic E-state index is -0.833. The number of aliphatic carboxylic acids is 1. The van der Waals surface area contributed by atoms with Crippen LogP contribution in [-0.2, 0) is 9.53 Å². The third-order valence-corrected chi connectivity index (χ3v) is 2.88. The van der Waals surface area contributed by atoms with Crippen molar-refractivity contribution in [2.45, 2.75) is 92.9 Å². The molecule has 10 heteroatoms. The van der Waals surface area contributed by atoms with E-state index in [2.05, 4.69) is 63.9 Å². The van der Waals surface area contributed by atoms with Gasteiger partial charge in [0.2, 0.25) is 5.96 Å². The van der Waals surface area contributed by atoms with Gasteiger partial charge in [-0.25, -0.2) is 0 Å². The minimum Gasteiger partial charge on any atom is -0.481 e. The van der Waals surface area contributed by atoms with Gasteiger partial charge in [0.1, 0.15) is 0 Å². The number of guanidine groups is 3. The van der Waals surface area contributed by atoms with E-state index in [1.165, 1.54) is 0 Å². The molecule has 182 valence electrons. The summed E-state index contributed by atoms with van der Waals surface area (Å²) < 4.78 is 5.11. The summed E-state index contributed by atoms with van der Waals surface area (Å²) in [6.45, 7) is 18.9. The van der Waals surface area contributed by atoms with Crippen LogP contribution in [-0.4, -0.2) is 73.4 Å². The lowest BCUT2D eigenvalue weighted by molar-refractivity contribution is -0.134. The van der Waals surface area contributed by atoms with Crippen molar-refractivity contribution in [2.24, 2.45) is 15.0 Å². The lowest BCUT2D eigenvalue weighted by Crippen LogP contribution is -2.54. The summed E-state index contributed by atoms with van der Waals surface area (Å²) in [4.78, 5) is 22.9. The molecule has 0 aliphatic heterocycles. The van der Waals surface area contributed by atoms with E-state index in [1.807, 2.05) is 27.7 Å². The van der Waals surface area contributed by atoms with Crippen molar-refractivity contribution in [1.82, 2.24) is 21.3 Å². The van der Waals surface area contributed by atoms with Crippen molar-refractivity contribution >= 4 is 23.8 Å². The van der Waals surface area contributed by atoms with Crippen molar-refractivity contribution in [3.8, 4) is 0 Å². The highest BCUT2D eigenvalue weighted by Crippen LogP contribution is 1.91. The first-order valence-corrected chi connectivity index (χ1v) is 10.8. The monoisotopic (exact) mass is 443 g/mol. The minimum absolute atomic E-state index is 0.158. The molecule has 0 radical (unpaired) electrons. The van der Waals surface area contributed by atoms with Crippen molar-refractivity contribution in [1.29, 1.82) is 0 Å². The zero-order valence-corrected chi connectivity index (χ0v) is 21.0. The molecule has 0 saturated heterocycles. The molecule has 0 fully saturated rings. The van der Waals surface area contributed by atoms with Crippen molar-refractivity contribution in [2.75, 3.05) is 20.3 Å². The second-order valence-corrected chi connectivity index (χ2v) is 8.09. The van der Waals surface area contributed by atoms with Crippen LogP contribution in [0.15, 0.2) is 15.0 Å². The SMILES string of the molecule is CC(=O)O.COCCCN=C(NC(=NC(C)C)NC(C)C)NC(=NC(C)C)NC(C)C. The number of ether oxygens (including phenoxy) is 1. The molecule has 0 aliphatic carbocycles. The van der Waals surface area contributed by atoms with Crippen LogP contribution in [0.1, 0.15) is 68.7 Å². The summed E-state index contributed by atoms with van der Waals surface area (Å²) in [6, 6.07) is 0.821. The van der Waals surface area contributed by atoms with Crippen LogP contribution in [0.25, 0.3) is 0 Å². The second-order valence-electron chi connectivity index (χ2n) is 8.09. The summed E-state index contributed by atoms with van der Waals surface area (Å²) >= 11 is 0. The van der Waals surface area contributed by atoms with Gasteiger partial charge in [0.15, 0.2) is 11.9 Å². The van der Waals surface area contributed by atoms with Gasteiger partial charge in [0, 0.05) is 51.4 Å². The average Bonchev–Trinajstić information content (AvgIpc) is 2.55. The third kappa shape index (κ3) is 23.8. The van der Waals surface area contributed by atoms with Gasteiger partial charge >= 0.3 is 0 Å². The molecule has 0 bridgehead atoms. The maximum Gasteiger partial charge on any atom is 0.300 e. The van der Waals surface area contributed by atoms with Gasteiger partial charge in [-0.05, 0) is 61.8 Å². The molecular formula is C21H45N7O3. The number of nitrogens with one attached hydrogen (secondary N) is 4. The number of aliphatic imine (C=N–C) groups is 3. The summed E-state index contributed by atoms with van der Waals surface area (Å²) in [5, 5.41) is 20.7. The smallest absolute Gasteiger partial charge is 0.300 e. The molecule has 0 aliphatic rings. The van der Waals surface area contributed by atoms with E-state index in [4.69, 9.17) is 14.6 Å². The van der Waals surface area contributed by atoms with E-state index in [9.17, 15) is 0 Å². The number of carboxylic acid groups (broad SMARTS) is 1. The summed E-state index contributed by atoms with van der Waals surface area (Å²) in [5.74, 6) is 1.14. The van der Waals surface area contributed by atoms with Gasteiger partial charge < -0.3 is 20.5 Å². The fourth-order valence-electron chi connectivity index (χ4n) is 2.01. The van der Waals surface area contributed by atoms with Crippen LogP contribution in [0.2, 0.25) is 0 Å². The molecule has 0 aromatic heterocycles. The largest absolute Gasteiger partial charge is 0.481 e. The highest BCUT2D eigenvalue weighted by molar-refractivity contribution is 6.06. The molecule has 0 atom stereocenters. The average molecular weight is 444 g/mol. The summed E-state index contributed by atoms with van der Waals surface area (Å²) in [6.07, 6.45) is 0.839. The van der Waals surface area contributed by atoms with Crippen LogP contribution in [0.4, 0.5) is 0 Å². The van der Waals surface area contributed by atoms with E-state index in [0.29, 0.717) is 31.0 Å². The molecule has 0 amide bonds. The Labute approximate surface area is 188 Å². The van der Waals surface area contributed by atoms with E-state index in [-0.39, 0.29) is 24.2 Å². The first-order valence-electron chi connectivity index (χ1n) is 10.8. The van der Waals surface area contributed by atoms with E-state index in [0.717, 1.165) is 13.3 Å². The van der Waals surface area contributed by atoms with E-state index >= 15 is 0 Å². The van der Waals surface area contributed by atoms with Crippen LogP contribution >= 0.6 is 0 Å². The first-order chi connectivity index (χ1) is 14.4. The summed E-state index contributed by atoms with van der Waals surface area (Å²) in [5.41, 5.74) is 0. The van der Waals surface area contributed by atoms with Crippen LogP contribution in [0.3, 0.4) is 0 Å². The standard InChI is InChI=1S/C19H41N7O.C2H4O2/c1-13(2)21-18(22-14(3)4)25-17(20-11-10-12-27-9)26-19(23-15(5)6)24-16(7)8;1-2(3)4/h13-16H,10-12H2,1-9H3,(H4,20,21,22,23,24,25,26);1H3,(H,3,4). The molecular weight excluding hydrogens is 398 g/mol. The Kier molecular flexibility index (Phi) is 18.3. The molecule has 0 aromatic rings. The molecule has 0 aromatic carbocycles. The molecule has 0 saturated carbocycles. The maximum absolute atomic E-state index is 9.00. The van der Waals surface area contributed by atoms with E-state index in [1.54, 1.807) is 7.11 Å². The number of carboxylic acids is 1. The lowest BCUT2D eigenvalue weighted by Gasteiger charge is -2.21. The number of hydrogen-bond acceptors (Lipinski definition) is 5. The highest BCUT2D eigenvalue weighted by Gasteiger charge is 2.10. The van der Waals surface area contributed by atoms with Gasteiger partial charge in [-0.3, -0.25) is 30.4 Å². The second kappa shape index (κ2) is 18.4. The number of rotatable bonds is 8. The predicted octanol–water partition coefficient (Wildman–Crippen LogP) is 2.17. The molecule has 0 spiro atoms. The number of methoxy groups -OCH3 is 1. The predicted molar refractivity (Wildman–Crippen MR) is 130 cm³/mol. The number of nitrogens with zero attached hydrogens (tertiary/aromatic N) is 3. The number of carbonyl (C=O) groups is 1. The Bertz CT molecular complexity index is 531. The topological polar surface area (TPSA) is 132 Å². The maximum atomic E-state index is 9.00. The van der Waals surface area contributed by atoms with Gasteiger partial charge in [0.25, 0.3) is 5.97 Å². The number of hydrogen-bond donors (Lipinski definition) is 5. The van der Waals surface area contributed by atoms with Gasteiger partial charge in [0.05, 0.1) is 0 Å². The molecule has 5 N–H and O–H groups in total. The summed E-state index contributed by atoms with van der Waals surface area (Å²) in [7, 11) is 1.70. The van der Waals surface area contributed by atoms with Gasteiger partial charge in [-0.15, -0.1) is 0 Å². The molecule has 31 heavy (non-hydrogen) atoms. The lowest BCUT2D eigenvalue weighted by atomic mass is 10.4. The van der Waals surface area contributed by atoms with Crippen molar-refractivity contribution in [3.63, 3.8) is 0 Å². The van der Waals surface area contributed by atoms with Gasteiger partial charge in [-0.1, -0.05) is 0 Å². The first kappa shape index (κ1) is 30.8. The highest BCUT2D eigenvalue weighted by atomic mass is 16.5. The molecule has 0 rings (SSSR count). The van der Waals surface area contributed by atoms with Crippen LogP contribution in [0, 0.1) is 0 Å². The van der Waals surface area contributed by atoms with Crippen molar-refractivity contribution < 1.29 is 14.6 Å². The fraction of sp³-hybridized carbons (Fsp3) is 0.810. The van der Waals surface area contributed by atoms with Crippen molar-refractivity contribution in [3.05, 3.63) is 0 Å². The normalized spacial score (nSPS) is 11.9. The fourth-order valence-corrected chi connectivity index (χ4v) is 2.01. The van der Waals surface area contributed by atoms with Gasteiger partial charge in [-0.2, -0.15) is 0 Å². The molecule has 10 nitrogen and oxygen atoms in total. The zero-order valence-electron chi connectivity index (χ0n) is 21.0. The molecule has 0 heterocycles. The molecule has 0 unspecified atom stereocenters.